The maximum Gasteiger partial charge on any atom is 0.451 e. The molecule has 0 radical (unpaired) electrons. The molecule has 24 heavy (non-hydrogen) atoms. The first-order chi connectivity index (χ1) is 11.2. The molecule has 1 amide bonds. The Balaban J connectivity index is 1.91. The third-order valence-corrected chi connectivity index (χ3v) is 3.24. The second-order valence-corrected chi connectivity index (χ2v) is 5.52. The summed E-state index contributed by atoms with van der Waals surface area (Å²) in [4.78, 5) is 14.8. The van der Waals surface area contributed by atoms with E-state index in [-0.39, 0.29) is 6.61 Å². The minimum atomic E-state index is -4.65. The predicted molar refractivity (Wildman–Crippen MR) is 80.8 cm³/mol. The van der Waals surface area contributed by atoms with Crippen LogP contribution >= 0.6 is 0 Å². The molecule has 1 heterocycles. The number of halogens is 3. The van der Waals surface area contributed by atoms with Gasteiger partial charge in [0.1, 0.15) is 5.75 Å². The molecule has 0 saturated heterocycles. The number of alkyl halides is 3. The highest BCUT2D eigenvalue weighted by Gasteiger charge is 2.35. The van der Waals surface area contributed by atoms with Crippen molar-refractivity contribution in [3.63, 3.8) is 0 Å². The van der Waals surface area contributed by atoms with Crippen LogP contribution in [0, 0.1) is 6.92 Å². The van der Waals surface area contributed by atoms with Crippen LogP contribution < -0.4 is 10.1 Å². The zero-order valence-corrected chi connectivity index (χ0v) is 13.4. The molecule has 0 aliphatic rings. The number of nitrogens with one attached hydrogen (secondary N) is 2. The van der Waals surface area contributed by atoms with E-state index in [0.717, 1.165) is 5.56 Å². The number of ether oxygens (including phenoxy) is 1. The third-order valence-electron chi connectivity index (χ3n) is 3.24. The number of carbonyl (C=O) groups excluding carboxylic acids is 1. The van der Waals surface area contributed by atoms with Crippen molar-refractivity contribution in [2.24, 2.45) is 0 Å². The summed E-state index contributed by atoms with van der Waals surface area (Å²) in [5, 5.41) is 7.12. The van der Waals surface area contributed by atoms with Crippen molar-refractivity contribution in [3.8, 4) is 5.75 Å². The first-order valence-corrected chi connectivity index (χ1v) is 7.19. The zero-order valence-electron chi connectivity index (χ0n) is 13.4. The largest absolute Gasteiger partial charge is 0.484 e. The molecule has 2 aromatic rings. The molecule has 130 valence electrons. The summed E-state index contributed by atoms with van der Waals surface area (Å²) < 4.78 is 42.4. The molecular formula is C15H17F3N4O2. The van der Waals surface area contributed by atoms with E-state index in [1.165, 1.54) is 5.56 Å². The number of carbonyl (C=O) groups is 1. The van der Waals surface area contributed by atoms with Crippen molar-refractivity contribution >= 4 is 11.9 Å². The van der Waals surface area contributed by atoms with Crippen LogP contribution in [-0.2, 0) is 11.0 Å². The van der Waals surface area contributed by atoms with Crippen LogP contribution in [0.5, 0.6) is 5.75 Å². The van der Waals surface area contributed by atoms with Crippen molar-refractivity contribution in [2.75, 3.05) is 11.9 Å². The highest BCUT2D eigenvalue weighted by atomic mass is 19.4. The molecule has 9 heteroatoms. The quantitative estimate of drug-likeness (QED) is 0.874. The number of nitrogens with zero attached hydrogens (tertiary/aromatic N) is 2. The molecule has 0 fully saturated rings. The number of hydrogen-bond donors (Lipinski definition) is 2. The lowest BCUT2D eigenvalue weighted by Gasteiger charge is -2.12. The van der Waals surface area contributed by atoms with Gasteiger partial charge in [0.2, 0.25) is 11.8 Å². The minimum absolute atomic E-state index is 0.365. The van der Waals surface area contributed by atoms with E-state index < -0.39 is 23.9 Å². The fourth-order valence-corrected chi connectivity index (χ4v) is 2.14. The molecule has 2 N–H and O–H groups in total. The molecule has 1 aromatic heterocycles. The van der Waals surface area contributed by atoms with Crippen molar-refractivity contribution in [3.05, 3.63) is 35.2 Å². The van der Waals surface area contributed by atoms with E-state index in [2.05, 4.69) is 29.2 Å². The Kier molecular flexibility index (Phi) is 5.10. The van der Waals surface area contributed by atoms with E-state index in [1.54, 1.807) is 17.2 Å². The van der Waals surface area contributed by atoms with E-state index in [0.29, 0.717) is 11.7 Å². The van der Waals surface area contributed by atoms with Gasteiger partial charge in [-0.2, -0.15) is 18.2 Å². The molecular weight excluding hydrogens is 325 g/mol. The van der Waals surface area contributed by atoms with Gasteiger partial charge in [0.05, 0.1) is 0 Å². The Morgan fingerprint density at radius 3 is 2.62 bits per heavy atom. The van der Waals surface area contributed by atoms with Crippen molar-refractivity contribution < 1.29 is 22.7 Å². The molecule has 6 nitrogen and oxygen atoms in total. The number of benzene rings is 1. The smallest absolute Gasteiger partial charge is 0.451 e. The van der Waals surface area contributed by atoms with Gasteiger partial charge in [0.15, 0.2) is 6.61 Å². The zero-order chi connectivity index (χ0) is 17.9. The highest BCUT2D eigenvalue weighted by Crippen LogP contribution is 2.26. The lowest BCUT2D eigenvalue weighted by molar-refractivity contribution is -0.144. The SMILES string of the molecule is Cc1cc(OCC(=O)Nc2n[nH]c(C(F)(F)F)n2)ccc1C(C)C. The van der Waals surface area contributed by atoms with Crippen LogP contribution in [0.15, 0.2) is 18.2 Å². The van der Waals surface area contributed by atoms with Gasteiger partial charge in [-0.25, -0.2) is 0 Å². The lowest BCUT2D eigenvalue weighted by atomic mass is 9.98. The molecule has 0 aliphatic carbocycles. The van der Waals surface area contributed by atoms with E-state index >= 15 is 0 Å². The normalized spacial score (nSPS) is 11.6. The van der Waals surface area contributed by atoms with Crippen LogP contribution in [0.4, 0.5) is 19.1 Å². The predicted octanol–water partition coefficient (Wildman–Crippen LogP) is 3.27. The Labute approximate surface area is 136 Å². The van der Waals surface area contributed by atoms with E-state index in [1.807, 2.05) is 13.0 Å². The fraction of sp³-hybridized carbons (Fsp3) is 0.400. The molecule has 0 saturated carbocycles. The molecule has 2 rings (SSSR count). The average Bonchev–Trinajstić information content (AvgIpc) is 2.93. The van der Waals surface area contributed by atoms with Crippen LogP contribution in [0.25, 0.3) is 0 Å². The number of aromatic amines is 1. The Bertz CT molecular complexity index is 726. The van der Waals surface area contributed by atoms with Crippen LogP contribution in [0.2, 0.25) is 0 Å². The second kappa shape index (κ2) is 6.90. The number of H-pyrrole nitrogens is 1. The van der Waals surface area contributed by atoms with E-state index in [9.17, 15) is 18.0 Å². The second-order valence-electron chi connectivity index (χ2n) is 5.52. The topological polar surface area (TPSA) is 79.9 Å². The monoisotopic (exact) mass is 342 g/mol. The summed E-state index contributed by atoms with van der Waals surface area (Å²) >= 11 is 0. The summed E-state index contributed by atoms with van der Waals surface area (Å²) in [5.74, 6) is -1.52. The number of amides is 1. The van der Waals surface area contributed by atoms with Gasteiger partial charge in [-0.05, 0) is 36.1 Å². The molecule has 0 aliphatic heterocycles. The van der Waals surface area contributed by atoms with Gasteiger partial charge in [-0.15, -0.1) is 5.10 Å². The molecule has 0 spiro atoms. The number of anilines is 1. The van der Waals surface area contributed by atoms with Gasteiger partial charge >= 0.3 is 6.18 Å². The first kappa shape index (κ1) is 17.8. The van der Waals surface area contributed by atoms with Gasteiger partial charge in [-0.3, -0.25) is 15.2 Å². The maximum atomic E-state index is 12.4. The summed E-state index contributed by atoms with van der Waals surface area (Å²) in [7, 11) is 0. The number of hydrogen-bond acceptors (Lipinski definition) is 4. The molecule has 0 unspecified atom stereocenters. The summed E-state index contributed by atoms with van der Waals surface area (Å²) in [6.45, 7) is 5.72. The van der Waals surface area contributed by atoms with Crippen molar-refractivity contribution in [1.29, 1.82) is 0 Å². The maximum absolute atomic E-state index is 12.4. The van der Waals surface area contributed by atoms with Gasteiger partial charge in [-0.1, -0.05) is 19.9 Å². The molecule has 0 bridgehead atoms. The minimum Gasteiger partial charge on any atom is -0.484 e. The standard InChI is InChI=1S/C15H17F3N4O2/c1-8(2)11-5-4-10(6-9(11)3)24-7-12(23)19-14-20-13(21-22-14)15(16,17)18/h4-6,8H,7H2,1-3H3,(H2,19,20,21,22,23). The first-order valence-electron chi connectivity index (χ1n) is 7.19. The van der Waals surface area contributed by atoms with Crippen LogP contribution in [0.1, 0.15) is 36.7 Å². The summed E-state index contributed by atoms with van der Waals surface area (Å²) in [6.07, 6.45) is -4.65. The number of aromatic nitrogens is 3. The van der Waals surface area contributed by atoms with Crippen molar-refractivity contribution in [1.82, 2.24) is 15.2 Å². The van der Waals surface area contributed by atoms with Crippen LogP contribution in [-0.4, -0.2) is 27.7 Å². The van der Waals surface area contributed by atoms with E-state index in [4.69, 9.17) is 4.74 Å². The Hall–Kier alpha value is -2.58. The third kappa shape index (κ3) is 4.46. The number of rotatable bonds is 5. The lowest BCUT2D eigenvalue weighted by Crippen LogP contribution is -2.21. The fourth-order valence-electron chi connectivity index (χ4n) is 2.14. The van der Waals surface area contributed by atoms with Crippen molar-refractivity contribution in [2.45, 2.75) is 32.9 Å². The summed E-state index contributed by atoms with van der Waals surface area (Å²) in [5.41, 5.74) is 2.21. The van der Waals surface area contributed by atoms with Gasteiger partial charge < -0.3 is 4.74 Å². The van der Waals surface area contributed by atoms with Gasteiger partial charge in [0.25, 0.3) is 5.91 Å². The Morgan fingerprint density at radius 1 is 1.38 bits per heavy atom. The highest BCUT2D eigenvalue weighted by molar-refractivity contribution is 5.90. The van der Waals surface area contributed by atoms with Crippen LogP contribution in [0.3, 0.4) is 0 Å². The Morgan fingerprint density at radius 2 is 2.08 bits per heavy atom. The summed E-state index contributed by atoms with van der Waals surface area (Å²) in [6, 6.07) is 5.46. The average molecular weight is 342 g/mol. The molecule has 0 atom stereocenters. The number of aryl methyl sites for hydroxylation is 1. The van der Waals surface area contributed by atoms with Gasteiger partial charge in [0, 0.05) is 0 Å². The molecule has 1 aromatic carbocycles.